The molecule has 0 bridgehead atoms. The van der Waals surface area contributed by atoms with Crippen LogP contribution in [0.2, 0.25) is 0 Å². The van der Waals surface area contributed by atoms with Gasteiger partial charge in [-0.25, -0.2) is 4.79 Å². The molecule has 0 N–H and O–H groups in total. The van der Waals surface area contributed by atoms with Crippen LogP contribution in [0.5, 0.6) is 0 Å². The first kappa shape index (κ1) is 23.7. The molecule has 30 heavy (non-hydrogen) atoms. The minimum Gasteiger partial charge on any atom is -0.463 e. The van der Waals surface area contributed by atoms with Gasteiger partial charge in [-0.15, -0.1) is 24.8 Å². The minimum absolute atomic E-state index is 0. The Hall–Kier alpha value is -2.62. The van der Waals surface area contributed by atoms with Crippen LogP contribution < -0.4 is 0 Å². The van der Waals surface area contributed by atoms with E-state index in [-0.39, 0.29) is 30.8 Å². The van der Waals surface area contributed by atoms with Gasteiger partial charge in [0.2, 0.25) is 0 Å². The van der Waals surface area contributed by atoms with E-state index in [1.807, 2.05) is 44.2 Å². The number of rotatable bonds is 5. The number of hydrogen-bond donors (Lipinski definition) is 0. The lowest BCUT2D eigenvalue weighted by molar-refractivity contribution is -0.139. The highest BCUT2D eigenvalue weighted by Gasteiger charge is 2.48. The number of aromatic nitrogens is 1. The molecule has 1 heterocycles. The van der Waals surface area contributed by atoms with Gasteiger partial charge in [-0.1, -0.05) is 54.6 Å². The molecule has 0 fully saturated rings. The summed E-state index contributed by atoms with van der Waals surface area (Å²) in [5, 5.41) is 0. The third kappa shape index (κ3) is 3.76. The van der Waals surface area contributed by atoms with Gasteiger partial charge in [0.25, 0.3) is 0 Å². The predicted octanol–water partition coefficient (Wildman–Crippen LogP) is 5.94. The van der Waals surface area contributed by atoms with E-state index in [1.54, 1.807) is 12.4 Å². The largest absolute Gasteiger partial charge is 0.463 e. The number of carbonyl (C=O) groups is 1. The van der Waals surface area contributed by atoms with Crippen molar-refractivity contribution in [1.82, 2.24) is 4.98 Å². The Kier molecular flexibility index (Phi) is 7.83. The van der Waals surface area contributed by atoms with Gasteiger partial charge < -0.3 is 4.74 Å². The lowest BCUT2D eigenvalue weighted by Crippen LogP contribution is -2.35. The van der Waals surface area contributed by atoms with Crippen molar-refractivity contribution in [3.63, 3.8) is 0 Å². The fourth-order valence-corrected chi connectivity index (χ4v) is 4.46. The normalized spacial score (nSPS) is 13.3. The third-order valence-electron chi connectivity index (χ3n) is 5.53. The summed E-state index contributed by atoms with van der Waals surface area (Å²) in [6, 6.07) is 20.8. The van der Waals surface area contributed by atoms with Crippen LogP contribution in [0.4, 0.5) is 0 Å². The summed E-state index contributed by atoms with van der Waals surface area (Å²) in [6.07, 6.45) is 6.19. The molecule has 1 aliphatic carbocycles. The second kappa shape index (κ2) is 9.92. The van der Waals surface area contributed by atoms with Crippen LogP contribution >= 0.6 is 24.8 Å². The zero-order valence-corrected chi connectivity index (χ0v) is 18.6. The zero-order valence-electron chi connectivity index (χ0n) is 17.0. The number of fused-ring (bicyclic) bond motifs is 3. The van der Waals surface area contributed by atoms with Gasteiger partial charge in [0.05, 0.1) is 12.0 Å². The lowest BCUT2D eigenvalue weighted by Gasteiger charge is -2.34. The topological polar surface area (TPSA) is 39.2 Å². The van der Waals surface area contributed by atoms with Crippen molar-refractivity contribution in [3.8, 4) is 11.1 Å². The smallest absolute Gasteiger partial charge is 0.334 e. The first-order valence-electron chi connectivity index (χ1n) is 9.64. The molecule has 2 aromatic carbocycles. The van der Waals surface area contributed by atoms with E-state index in [4.69, 9.17) is 4.74 Å². The number of hydrogen-bond acceptors (Lipinski definition) is 3. The Bertz CT molecular complexity index is 1000. The van der Waals surface area contributed by atoms with Crippen LogP contribution in [-0.2, 0) is 21.4 Å². The maximum atomic E-state index is 13.1. The van der Waals surface area contributed by atoms with E-state index in [0.717, 1.165) is 16.7 Å². The highest BCUT2D eigenvalue weighted by molar-refractivity contribution is 5.97. The Morgan fingerprint density at radius 3 is 1.97 bits per heavy atom. The monoisotopic (exact) mass is 441 g/mol. The molecule has 1 aliphatic rings. The maximum absolute atomic E-state index is 13.1. The average molecular weight is 442 g/mol. The number of carbonyl (C=O) groups excluding carboxylic acids is 1. The van der Waals surface area contributed by atoms with Gasteiger partial charge in [-0.3, -0.25) is 4.98 Å². The first-order chi connectivity index (χ1) is 13.7. The van der Waals surface area contributed by atoms with Crippen LogP contribution in [0, 0.1) is 0 Å². The van der Waals surface area contributed by atoms with Crippen molar-refractivity contribution >= 4 is 30.8 Å². The molecule has 3 aromatic rings. The number of allylic oxidation sites excluding steroid dienone is 1. The molecule has 0 saturated heterocycles. The predicted molar refractivity (Wildman–Crippen MR) is 125 cm³/mol. The van der Waals surface area contributed by atoms with Crippen molar-refractivity contribution in [1.29, 1.82) is 0 Å². The highest BCUT2D eigenvalue weighted by atomic mass is 35.5. The number of benzene rings is 2. The minimum atomic E-state index is -0.588. The molecule has 5 heteroatoms. The summed E-state index contributed by atoms with van der Waals surface area (Å²) in [6.45, 7) is 4.12. The Morgan fingerprint density at radius 1 is 0.933 bits per heavy atom. The summed E-state index contributed by atoms with van der Waals surface area (Å²) in [4.78, 5) is 17.2. The Labute approximate surface area is 190 Å². The van der Waals surface area contributed by atoms with Crippen molar-refractivity contribution in [2.45, 2.75) is 25.7 Å². The van der Waals surface area contributed by atoms with E-state index in [9.17, 15) is 4.79 Å². The quantitative estimate of drug-likeness (QED) is 0.363. The molecule has 0 radical (unpaired) electrons. The molecule has 156 valence electrons. The number of esters is 1. The molecule has 0 aliphatic heterocycles. The lowest BCUT2D eigenvalue weighted by atomic mass is 9.68. The molecule has 0 spiro atoms. The first-order valence-corrected chi connectivity index (χ1v) is 9.64. The molecule has 4 rings (SSSR count). The second-order valence-electron chi connectivity index (χ2n) is 6.95. The highest BCUT2D eigenvalue weighted by Crippen LogP contribution is 2.54. The summed E-state index contributed by atoms with van der Waals surface area (Å²) in [7, 11) is 0. The number of pyridine rings is 1. The van der Waals surface area contributed by atoms with Gasteiger partial charge in [0.15, 0.2) is 0 Å². The van der Waals surface area contributed by atoms with Gasteiger partial charge in [-0.2, -0.15) is 0 Å². The fraction of sp³-hybridized carbons (Fsp3) is 0.200. The van der Waals surface area contributed by atoms with E-state index < -0.39 is 5.41 Å². The average Bonchev–Trinajstić information content (AvgIpc) is 3.01. The van der Waals surface area contributed by atoms with Crippen molar-refractivity contribution in [3.05, 3.63) is 101 Å². The van der Waals surface area contributed by atoms with Crippen LogP contribution in [0.1, 0.15) is 30.5 Å². The summed E-state index contributed by atoms with van der Waals surface area (Å²) in [5.74, 6) is -0.259. The fourth-order valence-electron chi connectivity index (χ4n) is 4.46. The Morgan fingerprint density at radius 2 is 1.47 bits per heavy atom. The summed E-state index contributed by atoms with van der Waals surface area (Å²) in [5.41, 5.74) is 5.87. The third-order valence-corrected chi connectivity index (χ3v) is 5.53. The van der Waals surface area contributed by atoms with Crippen LogP contribution in [0.15, 0.2) is 84.7 Å². The Balaban J connectivity index is 0.00000160. The molecule has 0 atom stereocenters. The molecular formula is C25H25Cl2NO2. The SMILES string of the molecule is CC=C(C(=O)OCC)C1(Cc2ccncc2)c2ccccc2-c2ccccc21.Cl.Cl. The van der Waals surface area contributed by atoms with Crippen LogP contribution in [0.25, 0.3) is 11.1 Å². The van der Waals surface area contributed by atoms with Crippen molar-refractivity contribution < 1.29 is 9.53 Å². The molecule has 1 aromatic heterocycles. The summed E-state index contributed by atoms with van der Waals surface area (Å²) >= 11 is 0. The van der Waals surface area contributed by atoms with E-state index in [0.29, 0.717) is 18.6 Å². The van der Waals surface area contributed by atoms with Crippen molar-refractivity contribution in [2.24, 2.45) is 0 Å². The van der Waals surface area contributed by atoms with Crippen LogP contribution in [0.3, 0.4) is 0 Å². The molecule has 0 unspecified atom stereocenters. The zero-order chi connectivity index (χ0) is 19.6. The molecule has 0 saturated carbocycles. The number of nitrogens with zero attached hydrogens (tertiary/aromatic N) is 1. The van der Waals surface area contributed by atoms with Gasteiger partial charge in [0, 0.05) is 18.0 Å². The number of halogens is 2. The standard InChI is InChI=1S/C25H23NO2.2ClH/c1-3-21(24(27)28-4-2)25(17-18-13-15-26-16-14-18)22-11-7-5-9-19(22)20-10-6-8-12-23(20)25;;/h3,5-16H,4,17H2,1-2H3;2*1H. The molecule has 3 nitrogen and oxygen atoms in total. The van der Waals surface area contributed by atoms with Crippen LogP contribution in [-0.4, -0.2) is 17.6 Å². The van der Waals surface area contributed by atoms with E-state index in [1.165, 1.54) is 11.1 Å². The van der Waals surface area contributed by atoms with Gasteiger partial charge in [-0.05, 0) is 60.2 Å². The van der Waals surface area contributed by atoms with Gasteiger partial charge >= 0.3 is 5.97 Å². The van der Waals surface area contributed by atoms with Gasteiger partial charge in [0.1, 0.15) is 0 Å². The molecular weight excluding hydrogens is 417 g/mol. The number of ether oxygens (including phenoxy) is 1. The van der Waals surface area contributed by atoms with Crippen molar-refractivity contribution in [2.75, 3.05) is 6.61 Å². The summed E-state index contributed by atoms with van der Waals surface area (Å²) < 4.78 is 5.48. The second-order valence-corrected chi connectivity index (χ2v) is 6.95. The van der Waals surface area contributed by atoms with E-state index in [2.05, 4.69) is 41.4 Å². The van der Waals surface area contributed by atoms with E-state index >= 15 is 0 Å². The maximum Gasteiger partial charge on any atom is 0.334 e. The molecule has 0 amide bonds.